The lowest BCUT2D eigenvalue weighted by atomic mass is 9.92. The molecule has 3 unspecified atom stereocenters. The van der Waals surface area contributed by atoms with E-state index in [-0.39, 0.29) is 0 Å². The molecule has 58 valence electrons. The molecule has 3 atom stereocenters. The average Bonchev–Trinajstić information content (AvgIpc) is 2.18. The van der Waals surface area contributed by atoms with Crippen molar-refractivity contribution >= 4 is 0 Å². The van der Waals surface area contributed by atoms with E-state index >= 15 is 0 Å². The summed E-state index contributed by atoms with van der Waals surface area (Å²) in [5.41, 5.74) is 0. The summed E-state index contributed by atoms with van der Waals surface area (Å²) in [4.78, 5) is 0. The second-order valence-corrected chi connectivity index (χ2v) is 4.36. The zero-order valence-corrected chi connectivity index (χ0v) is 6.97. The Morgan fingerprint density at radius 3 is 2.70 bits per heavy atom. The fourth-order valence-electron chi connectivity index (χ4n) is 2.95. The van der Waals surface area contributed by atoms with E-state index in [0.29, 0.717) is 0 Å². The summed E-state index contributed by atoms with van der Waals surface area (Å²) in [5, 5.41) is 0. The summed E-state index contributed by atoms with van der Waals surface area (Å²) in [7, 11) is 0. The molecule has 0 radical (unpaired) electrons. The van der Waals surface area contributed by atoms with Crippen LogP contribution in [0.3, 0.4) is 0 Å². The molecule has 0 nitrogen and oxygen atoms in total. The van der Waals surface area contributed by atoms with Gasteiger partial charge in [0.25, 0.3) is 0 Å². The van der Waals surface area contributed by atoms with Crippen LogP contribution in [-0.4, -0.2) is 0 Å². The quantitative estimate of drug-likeness (QED) is 0.482. The Morgan fingerprint density at radius 2 is 1.80 bits per heavy atom. The standard InChI is InChI=1S/C10H18/c1-8-6-9-4-2-3-5-10(8)7-9/h8-10H,2-7H2,1H3. The Labute approximate surface area is 64.0 Å². The molecule has 0 aromatic carbocycles. The molecule has 2 bridgehead atoms. The van der Waals surface area contributed by atoms with Crippen LogP contribution in [0.1, 0.15) is 45.4 Å². The van der Waals surface area contributed by atoms with Crippen molar-refractivity contribution in [2.75, 3.05) is 0 Å². The highest BCUT2D eigenvalue weighted by atomic mass is 14.4. The summed E-state index contributed by atoms with van der Waals surface area (Å²) < 4.78 is 0. The fourth-order valence-corrected chi connectivity index (χ4v) is 2.95. The molecule has 2 aliphatic carbocycles. The van der Waals surface area contributed by atoms with E-state index in [2.05, 4.69) is 6.92 Å². The monoisotopic (exact) mass is 138 g/mol. The largest absolute Gasteiger partial charge is 0.0622 e. The zero-order chi connectivity index (χ0) is 6.97. The van der Waals surface area contributed by atoms with Gasteiger partial charge in [0.05, 0.1) is 0 Å². The fraction of sp³-hybridized carbons (Fsp3) is 1.00. The summed E-state index contributed by atoms with van der Waals surface area (Å²) in [6.45, 7) is 2.45. The molecule has 2 rings (SSSR count). The van der Waals surface area contributed by atoms with Gasteiger partial charge in [0.1, 0.15) is 0 Å². The van der Waals surface area contributed by atoms with E-state index < -0.39 is 0 Å². The van der Waals surface area contributed by atoms with E-state index in [1.165, 1.54) is 19.3 Å². The normalized spacial score (nSPS) is 47.1. The summed E-state index contributed by atoms with van der Waals surface area (Å²) in [6.07, 6.45) is 9.24. The lowest BCUT2D eigenvalue weighted by molar-refractivity contribution is 0.374. The molecule has 0 heteroatoms. The van der Waals surface area contributed by atoms with Gasteiger partial charge < -0.3 is 0 Å². The van der Waals surface area contributed by atoms with Gasteiger partial charge in [-0.25, -0.2) is 0 Å². The smallest absolute Gasteiger partial charge is 0.0386 e. The Hall–Kier alpha value is 0. The van der Waals surface area contributed by atoms with Gasteiger partial charge in [0.15, 0.2) is 0 Å². The maximum absolute atomic E-state index is 2.45. The first-order chi connectivity index (χ1) is 4.86. The Bertz CT molecular complexity index is 117. The molecule has 0 N–H and O–H groups in total. The van der Waals surface area contributed by atoms with Crippen LogP contribution < -0.4 is 0 Å². The SMILES string of the molecule is CC1CC2CCCCC1C2. The first-order valence-electron chi connectivity index (χ1n) is 4.86. The van der Waals surface area contributed by atoms with E-state index in [1.807, 2.05) is 0 Å². The Balaban J connectivity index is 2.03. The van der Waals surface area contributed by atoms with Crippen LogP contribution in [0.4, 0.5) is 0 Å². The van der Waals surface area contributed by atoms with Gasteiger partial charge in [-0.2, -0.15) is 0 Å². The molecule has 0 spiro atoms. The second-order valence-electron chi connectivity index (χ2n) is 4.36. The third-order valence-electron chi connectivity index (χ3n) is 3.58. The molecule has 0 aromatic rings. The highest BCUT2D eigenvalue weighted by Crippen LogP contribution is 2.43. The van der Waals surface area contributed by atoms with Crippen LogP contribution in [0.25, 0.3) is 0 Å². The molecule has 10 heavy (non-hydrogen) atoms. The molecule has 2 fully saturated rings. The predicted octanol–water partition coefficient (Wildman–Crippen LogP) is 3.22. The highest BCUT2D eigenvalue weighted by molar-refractivity contribution is 4.83. The second kappa shape index (κ2) is 2.56. The van der Waals surface area contributed by atoms with Crippen LogP contribution in [0, 0.1) is 17.8 Å². The molecule has 0 saturated heterocycles. The Morgan fingerprint density at radius 1 is 1.00 bits per heavy atom. The van der Waals surface area contributed by atoms with E-state index in [9.17, 15) is 0 Å². The van der Waals surface area contributed by atoms with Gasteiger partial charge in [0.2, 0.25) is 0 Å². The highest BCUT2D eigenvalue weighted by Gasteiger charge is 2.32. The van der Waals surface area contributed by atoms with Gasteiger partial charge in [0, 0.05) is 0 Å². The van der Waals surface area contributed by atoms with Crippen LogP contribution >= 0.6 is 0 Å². The van der Waals surface area contributed by atoms with E-state index in [0.717, 1.165) is 17.8 Å². The third-order valence-corrected chi connectivity index (χ3v) is 3.58. The number of rotatable bonds is 0. The molecule has 0 aromatic heterocycles. The summed E-state index contributed by atoms with van der Waals surface area (Å²) >= 11 is 0. The first-order valence-corrected chi connectivity index (χ1v) is 4.86. The minimum absolute atomic E-state index is 1.06. The summed E-state index contributed by atoms with van der Waals surface area (Å²) in [6, 6.07) is 0. The third kappa shape index (κ3) is 1.09. The predicted molar refractivity (Wildman–Crippen MR) is 43.8 cm³/mol. The minimum atomic E-state index is 1.06. The maximum atomic E-state index is 2.45. The number of hydrogen-bond acceptors (Lipinski definition) is 0. The van der Waals surface area contributed by atoms with E-state index in [1.54, 1.807) is 19.3 Å². The summed E-state index contributed by atoms with van der Waals surface area (Å²) in [5.74, 6) is 3.31. The maximum Gasteiger partial charge on any atom is -0.0386 e. The molecule has 0 amide bonds. The Kier molecular flexibility index (Phi) is 1.71. The van der Waals surface area contributed by atoms with Crippen molar-refractivity contribution < 1.29 is 0 Å². The number of hydrogen-bond donors (Lipinski definition) is 0. The van der Waals surface area contributed by atoms with E-state index in [4.69, 9.17) is 0 Å². The van der Waals surface area contributed by atoms with Crippen LogP contribution in [0.5, 0.6) is 0 Å². The first kappa shape index (κ1) is 6.69. The van der Waals surface area contributed by atoms with Crippen LogP contribution in [0.2, 0.25) is 0 Å². The van der Waals surface area contributed by atoms with Gasteiger partial charge in [-0.3, -0.25) is 0 Å². The topological polar surface area (TPSA) is 0 Å². The van der Waals surface area contributed by atoms with Crippen molar-refractivity contribution in [1.29, 1.82) is 0 Å². The lowest BCUT2D eigenvalue weighted by Crippen LogP contribution is -2.03. The van der Waals surface area contributed by atoms with Gasteiger partial charge in [-0.05, 0) is 30.6 Å². The van der Waals surface area contributed by atoms with Crippen molar-refractivity contribution in [2.24, 2.45) is 17.8 Å². The van der Waals surface area contributed by atoms with Crippen LogP contribution in [0.15, 0.2) is 0 Å². The van der Waals surface area contributed by atoms with Crippen molar-refractivity contribution in [3.63, 3.8) is 0 Å². The van der Waals surface area contributed by atoms with Gasteiger partial charge >= 0.3 is 0 Å². The molecule has 2 saturated carbocycles. The van der Waals surface area contributed by atoms with Crippen LogP contribution in [-0.2, 0) is 0 Å². The van der Waals surface area contributed by atoms with Crippen molar-refractivity contribution in [2.45, 2.75) is 45.4 Å². The van der Waals surface area contributed by atoms with Crippen molar-refractivity contribution in [3.05, 3.63) is 0 Å². The molecule has 0 heterocycles. The van der Waals surface area contributed by atoms with Gasteiger partial charge in [-0.1, -0.05) is 32.6 Å². The molecule has 2 aliphatic rings. The average molecular weight is 138 g/mol. The van der Waals surface area contributed by atoms with Crippen molar-refractivity contribution in [1.82, 2.24) is 0 Å². The van der Waals surface area contributed by atoms with Gasteiger partial charge in [-0.15, -0.1) is 0 Å². The lowest BCUT2D eigenvalue weighted by Gasteiger charge is -2.14. The molecular weight excluding hydrogens is 120 g/mol. The molecule has 0 aliphatic heterocycles. The minimum Gasteiger partial charge on any atom is -0.0622 e. The number of fused-ring (bicyclic) bond motifs is 2. The van der Waals surface area contributed by atoms with Crippen molar-refractivity contribution in [3.8, 4) is 0 Å². The zero-order valence-electron chi connectivity index (χ0n) is 6.97. The molecular formula is C10H18.